The number of likely N-dealkylation sites (tertiary alicyclic amines) is 1. The molecule has 4 rings (SSSR count). The molecule has 3 aliphatic rings. The number of benzene rings is 1. The monoisotopic (exact) mass is 371 g/mol. The van der Waals surface area contributed by atoms with Crippen LogP contribution in [0, 0.1) is 12.8 Å². The highest BCUT2D eigenvalue weighted by molar-refractivity contribution is 5.98. The van der Waals surface area contributed by atoms with Gasteiger partial charge in [0, 0.05) is 37.4 Å². The van der Waals surface area contributed by atoms with Crippen LogP contribution in [0.5, 0.6) is 0 Å². The van der Waals surface area contributed by atoms with Crippen molar-refractivity contribution < 1.29 is 24.2 Å². The molecule has 144 valence electrons. The molecule has 0 unspecified atom stereocenters. The van der Waals surface area contributed by atoms with Crippen LogP contribution in [-0.2, 0) is 14.3 Å². The molecule has 7 heteroatoms. The fourth-order valence-corrected chi connectivity index (χ4v) is 4.16. The molecular weight excluding hydrogens is 348 g/mol. The average molecular weight is 371 g/mol. The molecule has 2 amide bonds. The van der Waals surface area contributed by atoms with Crippen molar-refractivity contribution in [2.24, 2.45) is 5.92 Å². The molecule has 7 nitrogen and oxygen atoms in total. The Morgan fingerprint density at radius 2 is 1.81 bits per heavy atom. The first-order valence-corrected chi connectivity index (χ1v) is 9.46. The molecule has 2 saturated heterocycles. The van der Waals surface area contributed by atoms with E-state index in [1.54, 1.807) is 12.1 Å². The summed E-state index contributed by atoms with van der Waals surface area (Å²) in [7, 11) is 0. The number of amides is 2. The Kier molecular flexibility index (Phi) is 4.42. The van der Waals surface area contributed by atoms with Gasteiger partial charge in [0.05, 0.1) is 18.6 Å². The smallest absolute Gasteiger partial charge is 0.257 e. The molecule has 2 heterocycles. The van der Waals surface area contributed by atoms with Gasteiger partial charge in [-0.2, -0.15) is 0 Å². The van der Waals surface area contributed by atoms with Crippen molar-refractivity contribution in [3.8, 4) is 0 Å². The number of nitrogens with zero attached hydrogens (tertiary/aromatic N) is 2. The fourth-order valence-electron chi connectivity index (χ4n) is 4.16. The van der Waals surface area contributed by atoms with Crippen molar-refractivity contribution in [1.29, 1.82) is 0 Å². The van der Waals surface area contributed by atoms with Crippen LogP contribution in [0.15, 0.2) is 24.3 Å². The Morgan fingerprint density at radius 1 is 1.15 bits per heavy atom. The molecule has 27 heavy (non-hydrogen) atoms. The molecule has 0 radical (unpaired) electrons. The Bertz CT molecular complexity index is 780. The molecule has 1 aliphatic carbocycles. The minimum Gasteiger partial charge on any atom is -0.548 e. The Labute approximate surface area is 157 Å². The third-order valence-electron chi connectivity index (χ3n) is 5.91. The van der Waals surface area contributed by atoms with Crippen molar-refractivity contribution in [2.75, 3.05) is 19.7 Å². The number of rotatable bonds is 3. The highest BCUT2D eigenvalue weighted by atomic mass is 16.5. The van der Waals surface area contributed by atoms with Crippen LogP contribution in [0.2, 0.25) is 0 Å². The summed E-state index contributed by atoms with van der Waals surface area (Å²) in [5.41, 5.74) is 0.248. The largest absolute Gasteiger partial charge is 0.548 e. The van der Waals surface area contributed by atoms with Gasteiger partial charge in [-0.1, -0.05) is 18.2 Å². The van der Waals surface area contributed by atoms with E-state index in [-0.39, 0.29) is 24.3 Å². The number of piperidine rings is 1. The van der Waals surface area contributed by atoms with Crippen molar-refractivity contribution in [3.63, 3.8) is 0 Å². The van der Waals surface area contributed by atoms with Gasteiger partial charge in [-0.25, -0.2) is 0 Å². The van der Waals surface area contributed by atoms with Crippen molar-refractivity contribution >= 4 is 17.8 Å². The molecule has 1 spiro atoms. The second-order valence-corrected chi connectivity index (χ2v) is 7.68. The van der Waals surface area contributed by atoms with Crippen LogP contribution >= 0.6 is 0 Å². The highest BCUT2D eigenvalue weighted by Gasteiger charge is 2.53. The van der Waals surface area contributed by atoms with Crippen LogP contribution in [0.25, 0.3) is 0 Å². The zero-order chi connectivity index (χ0) is 19.2. The summed E-state index contributed by atoms with van der Waals surface area (Å²) in [6, 6.07) is 5.99. The topological polar surface area (TPSA) is 90.0 Å². The number of carbonyl (C=O) groups excluding carboxylic acids is 3. The Balaban J connectivity index is 1.60. The maximum Gasteiger partial charge on any atom is 0.257 e. The summed E-state index contributed by atoms with van der Waals surface area (Å²) < 4.78 is 5.90. The SMILES string of the molecule is Cc1ccccc1C(=O)N1[C@@H](C(=O)[O-])COC12CCN(C(=O)C1CC1)CC2. The Morgan fingerprint density at radius 3 is 2.41 bits per heavy atom. The third-order valence-corrected chi connectivity index (χ3v) is 5.91. The molecule has 0 N–H and O–H groups in total. The zero-order valence-electron chi connectivity index (χ0n) is 15.3. The summed E-state index contributed by atoms with van der Waals surface area (Å²) >= 11 is 0. The summed E-state index contributed by atoms with van der Waals surface area (Å²) in [6.07, 6.45) is 2.71. The minimum atomic E-state index is -1.31. The first-order valence-electron chi connectivity index (χ1n) is 9.46. The molecule has 1 atom stereocenters. The predicted octanol–water partition coefficient (Wildman–Crippen LogP) is 0.315. The molecule has 3 fully saturated rings. The van der Waals surface area contributed by atoms with Crippen molar-refractivity contribution in [3.05, 3.63) is 35.4 Å². The van der Waals surface area contributed by atoms with Crippen molar-refractivity contribution in [2.45, 2.75) is 44.4 Å². The molecular formula is C20H23N2O5-. The lowest BCUT2D eigenvalue weighted by atomic mass is 9.95. The third kappa shape index (κ3) is 3.10. The van der Waals surface area contributed by atoms with E-state index in [0.717, 1.165) is 18.4 Å². The normalized spacial score (nSPS) is 24.3. The van der Waals surface area contributed by atoms with E-state index >= 15 is 0 Å². The Hall–Kier alpha value is -2.41. The number of carboxylic acids is 1. The van der Waals surface area contributed by atoms with E-state index in [2.05, 4.69) is 0 Å². The van der Waals surface area contributed by atoms with Gasteiger partial charge in [0.1, 0.15) is 5.72 Å². The first kappa shape index (κ1) is 18.0. The van der Waals surface area contributed by atoms with E-state index in [0.29, 0.717) is 31.5 Å². The van der Waals surface area contributed by atoms with Crippen LogP contribution in [0.1, 0.15) is 41.6 Å². The molecule has 1 saturated carbocycles. The molecule has 1 aromatic carbocycles. The quantitative estimate of drug-likeness (QED) is 0.763. The maximum atomic E-state index is 13.3. The molecule has 0 aromatic heterocycles. The summed E-state index contributed by atoms with van der Waals surface area (Å²) in [5.74, 6) is -1.37. The van der Waals surface area contributed by atoms with Crippen LogP contribution in [0.3, 0.4) is 0 Å². The van der Waals surface area contributed by atoms with Gasteiger partial charge < -0.3 is 19.5 Å². The van der Waals surface area contributed by atoms with Gasteiger partial charge in [0.25, 0.3) is 5.91 Å². The van der Waals surface area contributed by atoms with E-state index in [9.17, 15) is 19.5 Å². The molecule has 2 aliphatic heterocycles. The van der Waals surface area contributed by atoms with Gasteiger partial charge in [-0.15, -0.1) is 0 Å². The number of carboxylic acid groups (broad SMARTS) is 1. The van der Waals surface area contributed by atoms with Gasteiger partial charge in [-0.05, 0) is 31.4 Å². The number of carbonyl (C=O) groups is 3. The lowest BCUT2D eigenvalue weighted by molar-refractivity contribution is -0.310. The standard InChI is InChI=1S/C20H24N2O5/c1-13-4-2-3-5-15(13)18(24)22-16(19(25)26)12-27-20(22)8-10-21(11-9-20)17(23)14-6-7-14/h2-5,14,16H,6-12H2,1H3,(H,25,26)/p-1/t16-/m1/s1. The summed E-state index contributed by atoms with van der Waals surface area (Å²) in [4.78, 5) is 40.4. The van der Waals surface area contributed by atoms with E-state index in [4.69, 9.17) is 4.74 Å². The lowest BCUT2D eigenvalue weighted by Crippen LogP contribution is -2.60. The van der Waals surface area contributed by atoms with Gasteiger partial charge in [0.15, 0.2) is 0 Å². The second-order valence-electron chi connectivity index (χ2n) is 7.68. The second kappa shape index (κ2) is 6.64. The summed E-state index contributed by atoms with van der Waals surface area (Å²) in [6.45, 7) is 2.66. The van der Waals surface area contributed by atoms with E-state index in [1.807, 2.05) is 24.0 Å². The summed E-state index contributed by atoms with van der Waals surface area (Å²) in [5, 5.41) is 11.7. The van der Waals surface area contributed by atoms with E-state index in [1.165, 1.54) is 4.90 Å². The molecule has 0 bridgehead atoms. The maximum absolute atomic E-state index is 13.3. The van der Waals surface area contributed by atoms with Gasteiger partial charge in [0.2, 0.25) is 5.91 Å². The number of hydrogen-bond donors (Lipinski definition) is 0. The molecule has 1 aromatic rings. The first-order chi connectivity index (χ1) is 12.9. The number of ether oxygens (including phenoxy) is 1. The fraction of sp³-hybridized carbons (Fsp3) is 0.550. The van der Waals surface area contributed by atoms with Gasteiger partial charge >= 0.3 is 0 Å². The number of hydrogen-bond acceptors (Lipinski definition) is 5. The highest BCUT2D eigenvalue weighted by Crippen LogP contribution is 2.40. The van der Waals surface area contributed by atoms with Crippen LogP contribution < -0.4 is 5.11 Å². The van der Waals surface area contributed by atoms with Crippen LogP contribution in [0.4, 0.5) is 0 Å². The zero-order valence-corrected chi connectivity index (χ0v) is 15.3. The lowest BCUT2D eigenvalue weighted by Gasteiger charge is -2.45. The average Bonchev–Trinajstić information content (AvgIpc) is 3.44. The van der Waals surface area contributed by atoms with Crippen LogP contribution in [-0.4, -0.2) is 59.0 Å². The predicted molar refractivity (Wildman–Crippen MR) is 93.4 cm³/mol. The van der Waals surface area contributed by atoms with E-state index < -0.39 is 17.7 Å². The number of aliphatic carboxylic acids is 1. The number of aryl methyl sites for hydroxylation is 1. The minimum absolute atomic E-state index is 0.0868. The van der Waals surface area contributed by atoms with Crippen molar-refractivity contribution in [1.82, 2.24) is 9.80 Å². The van der Waals surface area contributed by atoms with Gasteiger partial charge in [-0.3, -0.25) is 14.5 Å².